The van der Waals surface area contributed by atoms with Crippen molar-refractivity contribution in [3.05, 3.63) is 46.8 Å². The average molecular weight is 280 g/mol. The Morgan fingerprint density at radius 1 is 1.42 bits per heavy atom. The van der Waals surface area contributed by atoms with Crippen LogP contribution in [0.1, 0.15) is 11.5 Å². The van der Waals surface area contributed by atoms with Gasteiger partial charge in [0.15, 0.2) is 0 Å². The number of rotatable bonds is 5. The monoisotopic (exact) mass is 279 g/mol. The van der Waals surface area contributed by atoms with Gasteiger partial charge in [0, 0.05) is 23.3 Å². The molecular weight excluding hydrogens is 266 g/mol. The fourth-order valence-corrected chi connectivity index (χ4v) is 1.77. The third-order valence-corrected chi connectivity index (χ3v) is 2.61. The summed E-state index contributed by atoms with van der Waals surface area (Å²) in [5.74, 6) is 0.614. The Balaban J connectivity index is 1.76. The number of aryl methyl sites for hydroxylation is 1. The molecule has 6 heteroatoms. The lowest BCUT2D eigenvalue weighted by Crippen LogP contribution is -2.27. The van der Waals surface area contributed by atoms with Gasteiger partial charge in [0.2, 0.25) is 5.91 Å². The summed E-state index contributed by atoms with van der Waals surface area (Å²) in [6.45, 7) is 2.50. The van der Waals surface area contributed by atoms with Gasteiger partial charge in [-0.25, -0.2) is 0 Å². The van der Waals surface area contributed by atoms with Gasteiger partial charge < -0.3 is 15.2 Å². The van der Waals surface area contributed by atoms with E-state index in [1.54, 1.807) is 24.3 Å². The lowest BCUT2D eigenvalue weighted by atomic mass is 10.3. The van der Waals surface area contributed by atoms with Crippen LogP contribution in [0.25, 0.3) is 0 Å². The Hall–Kier alpha value is -1.85. The topological polar surface area (TPSA) is 67.2 Å². The summed E-state index contributed by atoms with van der Waals surface area (Å²) < 4.78 is 4.93. The van der Waals surface area contributed by atoms with Gasteiger partial charge in [-0.3, -0.25) is 4.79 Å². The second-order valence-electron chi connectivity index (χ2n) is 4.09. The predicted molar refractivity (Wildman–Crippen MR) is 73.0 cm³/mol. The van der Waals surface area contributed by atoms with Gasteiger partial charge in [0.25, 0.3) is 0 Å². The molecule has 0 aliphatic carbocycles. The van der Waals surface area contributed by atoms with Crippen molar-refractivity contribution < 1.29 is 9.32 Å². The summed E-state index contributed by atoms with van der Waals surface area (Å²) in [6, 6.07) is 8.83. The highest BCUT2D eigenvalue weighted by atomic mass is 35.5. The van der Waals surface area contributed by atoms with Crippen LogP contribution in [0, 0.1) is 6.92 Å². The van der Waals surface area contributed by atoms with Crippen molar-refractivity contribution in [3.63, 3.8) is 0 Å². The van der Waals surface area contributed by atoms with E-state index in [1.165, 1.54) is 0 Å². The third kappa shape index (κ3) is 4.39. The zero-order chi connectivity index (χ0) is 13.7. The van der Waals surface area contributed by atoms with Gasteiger partial charge in [-0.05, 0) is 25.1 Å². The zero-order valence-electron chi connectivity index (χ0n) is 10.4. The molecule has 19 heavy (non-hydrogen) atoms. The fraction of sp³-hybridized carbons (Fsp3) is 0.231. The van der Waals surface area contributed by atoms with Crippen molar-refractivity contribution in [2.24, 2.45) is 0 Å². The predicted octanol–water partition coefficient (Wildman–Crippen LogP) is 2.36. The maximum absolute atomic E-state index is 11.7. The molecule has 0 bridgehead atoms. The number of benzene rings is 1. The molecule has 2 N–H and O–H groups in total. The lowest BCUT2D eigenvalue weighted by Gasteiger charge is -2.05. The van der Waals surface area contributed by atoms with E-state index < -0.39 is 0 Å². The van der Waals surface area contributed by atoms with Gasteiger partial charge in [0.05, 0.1) is 12.2 Å². The molecule has 2 aromatic rings. The van der Waals surface area contributed by atoms with E-state index in [9.17, 15) is 4.79 Å². The number of hydrogen-bond acceptors (Lipinski definition) is 4. The van der Waals surface area contributed by atoms with E-state index in [0.29, 0.717) is 17.3 Å². The van der Waals surface area contributed by atoms with E-state index in [-0.39, 0.29) is 12.5 Å². The van der Waals surface area contributed by atoms with Crippen LogP contribution in [0.3, 0.4) is 0 Å². The number of nitrogens with one attached hydrogen (secondary N) is 2. The lowest BCUT2D eigenvalue weighted by molar-refractivity contribution is -0.115. The molecule has 1 aromatic carbocycles. The average Bonchev–Trinajstić information content (AvgIpc) is 2.75. The minimum absolute atomic E-state index is 0.137. The van der Waals surface area contributed by atoms with Crippen molar-refractivity contribution in [1.29, 1.82) is 0 Å². The van der Waals surface area contributed by atoms with Crippen molar-refractivity contribution in [3.8, 4) is 0 Å². The Labute approximate surface area is 115 Å². The number of nitrogens with zero attached hydrogens (tertiary/aromatic N) is 1. The number of halogens is 1. The summed E-state index contributed by atoms with van der Waals surface area (Å²) >= 11 is 5.83. The number of carbonyl (C=O) groups is 1. The second kappa shape index (κ2) is 6.36. The first-order valence-corrected chi connectivity index (χ1v) is 6.19. The van der Waals surface area contributed by atoms with Gasteiger partial charge in [0.1, 0.15) is 5.76 Å². The summed E-state index contributed by atoms with van der Waals surface area (Å²) in [4.78, 5) is 11.7. The van der Waals surface area contributed by atoms with E-state index in [1.807, 2.05) is 13.0 Å². The molecular formula is C13H14ClN3O2. The highest BCUT2D eigenvalue weighted by Gasteiger charge is 2.04. The van der Waals surface area contributed by atoms with Crippen molar-refractivity contribution in [2.75, 3.05) is 11.9 Å². The molecule has 0 aliphatic heterocycles. The highest BCUT2D eigenvalue weighted by Crippen LogP contribution is 2.14. The van der Waals surface area contributed by atoms with Crippen molar-refractivity contribution in [1.82, 2.24) is 10.5 Å². The molecule has 0 radical (unpaired) electrons. The molecule has 0 unspecified atom stereocenters. The molecule has 1 aromatic heterocycles. The summed E-state index contributed by atoms with van der Waals surface area (Å²) in [7, 11) is 0. The quantitative estimate of drug-likeness (QED) is 0.882. The van der Waals surface area contributed by atoms with Crippen LogP contribution in [0.5, 0.6) is 0 Å². The molecule has 1 heterocycles. The molecule has 5 nitrogen and oxygen atoms in total. The Morgan fingerprint density at radius 2 is 2.26 bits per heavy atom. The smallest absolute Gasteiger partial charge is 0.238 e. The molecule has 0 aliphatic rings. The van der Waals surface area contributed by atoms with Gasteiger partial charge in [-0.2, -0.15) is 0 Å². The molecule has 0 saturated heterocycles. The van der Waals surface area contributed by atoms with Gasteiger partial charge >= 0.3 is 0 Å². The Kier molecular flexibility index (Phi) is 4.54. The van der Waals surface area contributed by atoms with Crippen LogP contribution in [-0.4, -0.2) is 17.6 Å². The molecule has 100 valence electrons. The van der Waals surface area contributed by atoms with Crippen LogP contribution in [-0.2, 0) is 11.3 Å². The Morgan fingerprint density at radius 3 is 2.95 bits per heavy atom. The van der Waals surface area contributed by atoms with Gasteiger partial charge in [-0.1, -0.05) is 22.8 Å². The van der Waals surface area contributed by atoms with Crippen LogP contribution >= 0.6 is 11.6 Å². The van der Waals surface area contributed by atoms with Gasteiger partial charge in [-0.15, -0.1) is 0 Å². The van der Waals surface area contributed by atoms with E-state index in [0.717, 1.165) is 11.5 Å². The number of aromatic nitrogens is 1. The molecule has 2 rings (SSSR count). The molecule has 1 amide bonds. The highest BCUT2D eigenvalue weighted by molar-refractivity contribution is 6.30. The molecule has 0 spiro atoms. The normalized spacial score (nSPS) is 10.4. The minimum atomic E-state index is -0.137. The van der Waals surface area contributed by atoms with Crippen LogP contribution in [0.15, 0.2) is 34.9 Å². The Bertz CT molecular complexity index is 569. The standard InChI is InChI=1S/C13H14ClN3O2/c1-9-5-12(17-19-9)7-15-8-13(18)16-11-4-2-3-10(14)6-11/h2-6,15H,7-8H2,1H3,(H,16,18). The number of amides is 1. The first-order chi connectivity index (χ1) is 9.13. The minimum Gasteiger partial charge on any atom is -0.361 e. The largest absolute Gasteiger partial charge is 0.361 e. The first kappa shape index (κ1) is 13.6. The third-order valence-electron chi connectivity index (χ3n) is 2.38. The molecule has 0 fully saturated rings. The van der Waals surface area contributed by atoms with Crippen molar-refractivity contribution in [2.45, 2.75) is 13.5 Å². The van der Waals surface area contributed by atoms with E-state index in [4.69, 9.17) is 16.1 Å². The SMILES string of the molecule is Cc1cc(CNCC(=O)Nc2cccc(Cl)c2)no1. The summed E-state index contributed by atoms with van der Waals surface area (Å²) in [5.41, 5.74) is 1.45. The summed E-state index contributed by atoms with van der Waals surface area (Å²) in [5, 5.41) is 10.1. The number of carbonyl (C=O) groups excluding carboxylic acids is 1. The fourth-order valence-electron chi connectivity index (χ4n) is 1.58. The molecule has 0 saturated carbocycles. The van der Waals surface area contributed by atoms with Crippen LogP contribution in [0.2, 0.25) is 5.02 Å². The van der Waals surface area contributed by atoms with E-state index >= 15 is 0 Å². The van der Waals surface area contributed by atoms with E-state index in [2.05, 4.69) is 15.8 Å². The summed E-state index contributed by atoms with van der Waals surface area (Å²) in [6.07, 6.45) is 0. The zero-order valence-corrected chi connectivity index (χ0v) is 11.2. The second-order valence-corrected chi connectivity index (χ2v) is 4.53. The number of hydrogen-bond donors (Lipinski definition) is 2. The maximum atomic E-state index is 11.7. The number of anilines is 1. The molecule has 0 atom stereocenters. The first-order valence-electron chi connectivity index (χ1n) is 5.82. The van der Waals surface area contributed by atoms with Crippen LogP contribution < -0.4 is 10.6 Å². The van der Waals surface area contributed by atoms with Crippen LogP contribution in [0.4, 0.5) is 5.69 Å². The van der Waals surface area contributed by atoms with Crippen molar-refractivity contribution >= 4 is 23.2 Å². The maximum Gasteiger partial charge on any atom is 0.238 e.